The Morgan fingerprint density at radius 3 is 2.27 bits per heavy atom. The highest BCUT2D eigenvalue weighted by Gasteiger charge is 2.37. The second-order valence-electron chi connectivity index (χ2n) is 2.88. The molecule has 0 radical (unpaired) electrons. The third-order valence-corrected chi connectivity index (χ3v) is 1.75. The van der Waals surface area contributed by atoms with Crippen molar-refractivity contribution in [3.63, 3.8) is 0 Å². The van der Waals surface area contributed by atoms with Crippen molar-refractivity contribution in [2.45, 2.75) is 19.4 Å². The number of primary amides is 1. The van der Waals surface area contributed by atoms with Gasteiger partial charge in [0.2, 0.25) is 0 Å². The van der Waals surface area contributed by atoms with Crippen LogP contribution in [0.4, 0.5) is 0 Å². The van der Waals surface area contributed by atoms with Crippen LogP contribution in [-0.4, -0.2) is 30.3 Å². The molecule has 4 heteroatoms. The van der Waals surface area contributed by atoms with Gasteiger partial charge >= 0.3 is 0 Å². The predicted octanol–water partition coefficient (Wildman–Crippen LogP) is -0.495. The van der Waals surface area contributed by atoms with Gasteiger partial charge in [0.15, 0.2) is 5.60 Å². The van der Waals surface area contributed by atoms with E-state index in [9.17, 15) is 9.90 Å². The first-order chi connectivity index (χ1) is 4.95. The van der Waals surface area contributed by atoms with E-state index < -0.39 is 11.5 Å². The van der Waals surface area contributed by atoms with E-state index in [4.69, 9.17) is 5.73 Å². The first-order valence-electron chi connectivity index (χ1n) is 3.46. The second-order valence-corrected chi connectivity index (χ2v) is 2.88. The summed E-state index contributed by atoms with van der Waals surface area (Å²) in [6, 6.07) is 0. The normalized spacial score (nSPS) is 16.5. The van der Waals surface area contributed by atoms with Crippen LogP contribution in [0.5, 0.6) is 0 Å². The van der Waals surface area contributed by atoms with Gasteiger partial charge in [-0.15, -0.1) is 0 Å². The molecule has 0 saturated heterocycles. The fourth-order valence-corrected chi connectivity index (χ4v) is 0.742. The molecule has 4 nitrogen and oxygen atoms in total. The number of hydrogen-bond acceptors (Lipinski definition) is 3. The molecule has 0 aliphatic rings. The largest absolute Gasteiger partial charge is 0.381 e. The van der Waals surface area contributed by atoms with E-state index in [0.717, 1.165) is 0 Å². The molecule has 0 aromatic heterocycles. The van der Waals surface area contributed by atoms with E-state index in [1.807, 2.05) is 0 Å². The van der Waals surface area contributed by atoms with E-state index in [1.165, 1.54) is 7.11 Å². The van der Waals surface area contributed by atoms with Crippen LogP contribution in [0.25, 0.3) is 0 Å². The smallest absolute Gasteiger partial charge is 0.252 e. The van der Waals surface area contributed by atoms with Gasteiger partial charge in [0.1, 0.15) is 0 Å². The molecule has 66 valence electrons. The maximum absolute atomic E-state index is 10.7. The van der Waals surface area contributed by atoms with Crippen LogP contribution < -0.4 is 5.73 Å². The third-order valence-electron chi connectivity index (χ3n) is 1.75. The van der Waals surface area contributed by atoms with E-state index in [1.54, 1.807) is 13.8 Å². The average Bonchev–Trinajstić information content (AvgIpc) is 1.87. The molecule has 0 fully saturated rings. The summed E-state index contributed by atoms with van der Waals surface area (Å²) in [5.74, 6) is -0.978. The lowest BCUT2D eigenvalue weighted by molar-refractivity contribution is -0.147. The van der Waals surface area contributed by atoms with Crippen molar-refractivity contribution in [2.24, 2.45) is 11.7 Å². The summed E-state index contributed by atoms with van der Waals surface area (Å²) in [6.45, 7) is 3.37. The lowest BCUT2D eigenvalue weighted by atomic mass is 9.90. The summed E-state index contributed by atoms with van der Waals surface area (Å²) in [7, 11) is 1.41. The molecule has 0 bridgehead atoms. The minimum atomic E-state index is -1.53. The van der Waals surface area contributed by atoms with Gasteiger partial charge < -0.3 is 15.6 Å². The minimum Gasteiger partial charge on any atom is -0.381 e. The first-order valence-corrected chi connectivity index (χ1v) is 3.46. The van der Waals surface area contributed by atoms with Crippen molar-refractivity contribution in [1.29, 1.82) is 0 Å². The number of ether oxygens (including phenoxy) is 1. The lowest BCUT2D eigenvalue weighted by Crippen LogP contribution is -2.51. The summed E-state index contributed by atoms with van der Waals surface area (Å²) in [5, 5.41) is 9.57. The van der Waals surface area contributed by atoms with Crippen molar-refractivity contribution < 1.29 is 14.6 Å². The monoisotopic (exact) mass is 161 g/mol. The van der Waals surface area contributed by atoms with E-state index in [2.05, 4.69) is 4.74 Å². The maximum Gasteiger partial charge on any atom is 0.252 e. The average molecular weight is 161 g/mol. The standard InChI is InChI=1S/C7H15NO3/c1-5(2)7(10,4-11-3)6(8)9/h5,10H,4H2,1-3H3,(H2,8,9). The predicted molar refractivity (Wildman–Crippen MR) is 40.9 cm³/mol. The molecule has 11 heavy (non-hydrogen) atoms. The molecule has 0 rings (SSSR count). The third kappa shape index (κ3) is 2.17. The zero-order chi connectivity index (χ0) is 9.07. The quantitative estimate of drug-likeness (QED) is 0.584. The molecular weight excluding hydrogens is 146 g/mol. The molecule has 0 heterocycles. The Bertz CT molecular complexity index is 147. The van der Waals surface area contributed by atoms with E-state index >= 15 is 0 Å². The van der Waals surface area contributed by atoms with Gasteiger partial charge in [0.05, 0.1) is 6.61 Å². The number of nitrogens with two attached hydrogens (primary N) is 1. The highest BCUT2D eigenvalue weighted by atomic mass is 16.5. The highest BCUT2D eigenvalue weighted by Crippen LogP contribution is 2.16. The minimum absolute atomic E-state index is 0.0556. The first kappa shape index (κ1) is 10.4. The molecule has 0 aromatic carbocycles. The fourth-order valence-electron chi connectivity index (χ4n) is 0.742. The lowest BCUT2D eigenvalue weighted by Gasteiger charge is -2.27. The summed E-state index contributed by atoms with van der Waals surface area (Å²) in [5.41, 5.74) is 3.46. The van der Waals surface area contributed by atoms with Crippen molar-refractivity contribution in [2.75, 3.05) is 13.7 Å². The van der Waals surface area contributed by atoms with Gasteiger partial charge in [-0.05, 0) is 5.92 Å². The van der Waals surface area contributed by atoms with Gasteiger partial charge in [-0.3, -0.25) is 4.79 Å². The molecule has 1 amide bonds. The molecule has 0 aliphatic carbocycles. The SMILES string of the molecule is COCC(O)(C(N)=O)C(C)C. The molecule has 0 aromatic rings. The van der Waals surface area contributed by atoms with Crippen LogP contribution in [0.2, 0.25) is 0 Å². The number of rotatable bonds is 4. The number of amides is 1. The van der Waals surface area contributed by atoms with Crippen LogP contribution in [0, 0.1) is 5.92 Å². The Balaban J connectivity index is 4.38. The summed E-state index contributed by atoms with van der Waals surface area (Å²) >= 11 is 0. The molecule has 1 atom stereocenters. The van der Waals surface area contributed by atoms with Crippen LogP contribution in [-0.2, 0) is 9.53 Å². The summed E-state index contributed by atoms with van der Waals surface area (Å²) < 4.78 is 4.68. The van der Waals surface area contributed by atoms with Gasteiger partial charge in [-0.25, -0.2) is 0 Å². The number of methoxy groups -OCH3 is 1. The number of carbonyl (C=O) groups is 1. The maximum atomic E-state index is 10.7. The van der Waals surface area contributed by atoms with Crippen LogP contribution in [0.3, 0.4) is 0 Å². The summed E-state index contributed by atoms with van der Waals surface area (Å²) in [4.78, 5) is 10.7. The molecule has 1 unspecified atom stereocenters. The molecule has 3 N–H and O–H groups in total. The van der Waals surface area contributed by atoms with Crippen molar-refractivity contribution in [1.82, 2.24) is 0 Å². The van der Waals surface area contributed by atoms with Crippen molar-refractivity contribution in [3.8, 4) is 0 Å². The fraction of sp³-hybridized carbons (Fsp3) is 0.857. The molecular formula is C7H15NO3. The van der Waals surface area contributed by atoms with Gasteiger partial charge in [-0.1, -0.05) is 13.8 Å². The van der Waals surface area contributed by atoms with E-state index in [0.29, 0.717) is 0 Å². The van der Waals surface area contributed by atoms with Crippen LogP contribution >= 0.6 is 0 Å². The Morgan fingerprint density at radius 2 is 2.18 bits per heavy atom. The Hall–Kier alpha value is -0.610. The number of hydrogen-bond donors (Lipinski definition) is 2. The molecule has 0 aliphatic heterocycles. The Kier molecular flexibility index (Phi) is 3.48. The Labute approximate surface area is 66.3 Å². The van der Waals surface area contributed by atoms with E-state index in [-0.39, 0.29) is 12.5 Å². The second kappa shape index (κ2) is 3.69. The highest BCUT2D eigenvalue weighted by molar-refractivity contribution is 5.83. The molecule has 0 spiro atoms. The Morgan fingerprint density at radius 1 is 1.73 bits per heavy atom. The van der Waals surface area contributed by atoms with Crippen LogP contribution in [0.15, 0.2) is 0 Å². The molecule has 0 saturated carbocycles. The van der Waals surface area contributed by atoms with Gasteiger partial charge in [0, 0.05) is 7.11 Å². The van der Waals surface area contributed by atoms with Crippen LogP contribution in [0.1, 0.15) is 13.8 Å². The summed E-state index contributed by atoms with van der Waals surface area (Å²) in [6.07, 6.45) is 0. The number of aliphatic hydroxyl groups is 1. The topological polar surface area (TPSA) is 72.6 Å². The zero-order valence-electron chi connectivity index (χ0n) is 7.13. The van der Waals surface area contributed by atoms with Crippen molar-refractivity contribution >= 4 is 5.91 Å². The van der Waals surface area contributed by atoms with Gasteiger partial charge in [-0.2, -0.15) is 0 Å². The number of carbonyl (C=O) groups excluding carboxylic acids is 1. The van der Waals surface area contributed by atoms with Crippen molar-refractivity contribution in [3.05, 3.63) is 0 Å². The zero-order valence-corrected chi connectivity index (χ0v) is 7.13. The van der Waals surface area contributed by atoms with Gasteiger partial charge in [0.25, 0.3) is 5.91 Å².